The van der Waals surface area contributed by atoms with E-state index in [9.17, 15) is 13.6 Å². The molecule has 5 nitrogen and oxygen atoms in total. The highest BCUT2D eigenvalue weighted by molar-refractivity contribution is 6.03. The minimum atomic E-state index is -1.10. The highest BCUT2D eigenvalue weighted by Crippen LogP contribution is 2.16. The Morgan fingerprint density at radius 2 is 1.84 bits per heavy atom. The van der Waals surface area contributed by atoms with Gasteiger partial charge in [-0.15, -0.1) is 5.10 Å². The average Bonchev–Trinajstić information content (AvgIpc) is 3.00. The van der Waals surface area contributed by atoms with E-state index in [-0.39, 0.29) is 11.6 Å². The molecule has 25 heavy (non-hydrogen) atoms. The van der Waals surface area contributed by atoms with Gasteiger partial charge in [-0.05, 0) is 48.7 Å². The largest absolute Gasteiger partial charge is 0.407 e. The molecule has 0 saturated heterocycles. The summed E-state index contributed by atoms with van der Waals surface area (Å²) >= 11 is 0. The van der Waals surface area contributed by atoms with Crippen LogP contribution in [-0.4, -0.2) is 16.1 Å². The van der Waals surface area contributed by atoms with E-state index in [1.54, 1.807) is 0 Å². The number of hydrogen-bond acceptors (Lipinski definition) is 4. The van der Waals surface area contributed by atoms with Crippen molar-refractivity contribution in [1.29, 1.82) is 0 Å². The Kier molecular flexibility index (Phi) is 4.56. The number of nitrogens with zero attached hydrogens (tertiary/aromatic N) is 2. The molecule has 0 fully saturated rings. The number of nitrogens with one attached hydrogen (secondary N) is 1. The van der Waals surface area contributed by atoms with Gasteiger partial charge < -0.3 is 4.42 Å². The maximum Gasteiger partial charge on any atom is 0.322 e. The number of aromatic nitrogens is 2. The summed E-state index contributed by atoms with van der Waals surface area (Å²) in [7, 11) is 0. The molecular formula is C18H15F2N3O2. The Labute approximate surface area is 142 Å². The van der Waals surface area contributed by atoms with E-state index in [2.05, 4.69) is 15.5 Å². The Morgan fingerprint density at radius 3 is 2.56 bits per heavy atom. The van der Waals surface area contributed by atoms with Crippen molar-refractivity contribution in [2.45, 2.75) is 20.3 Å². The van der Waals surface area contributed by atoms with Crippen LogP contribution in [-0.2, 0) is 6.42 Å². The summed E-state index contributed by atoms with van der Waals surface area (Å²) in [5.41, 5.74) is 3.30. The van der Waals surface area contributed by atoms with Gasteiger partial charge in [0.15, 0.2) is 11.6 Å². The molecule has 0 spiro atoms. The van der Waals surface area contributed by atoms with Gasteiger partial charge in [0.1, 0.15) is 0 Å². The molecule has 3 rings (SSSR count). The summed E-state index contributed by atoms with van der Waals surface area (Å²) < 4.78 is 31.5. The molecule has 0 saturated carbocycles. The first-order valence-corrected chi connectivity index (χ1v) is 7.57. The van der Waals surface area contributed by atoms with Gasteiger partial charge in [0.05, 0.1) is 6.42 Å². The van der Waals surface area contributed by atoms with Crippen LogP contribution in [0.4, 0.5) is 14.8 Å². The van der Waals surface area contributed by atoms with Gasteiger partial charge in [-0.2, -0.15) is 0 Å². The van der Waals surface area contributed by atoms with Gasteiger partial charge in [-0.1, -0.05) is 23.3 Å². The third-order valence-electron chi connectivity index (χ3n) is 3.80. The monoisotopic (exact) mass is 343 g/mol. The predicted molar refractivity (Wildman–Crippen MR) is 87.3 cm³/mol. The maximum atomic E-state index is 13.2. The van der Waals surface area contributed by atoms with E-state index in [1.807, 2.05) is 32.0 Å². The number of aryl methyl sites for hydroxylation is 2. The van der Waals surface area contributed by atoms with Crippen molar-refractivity contribution in [1.82, 2.24) is 10.2 Å². The fourth-order valence-electron chi connectivity index (χ4n) is 2.27. The van der Waals surface area contributed by atoms with E-state index in [0.29, 0.717) is 12.3 Å². The van der Waals surface area contributed by atoms with Gasteiger partial charge in [0.25, 0.3) is 5.91 Å². The van der Waals surface area contributed by atoms with Crippen LogP contribution in [0, 0.1) is 25.5 Å². The molecule has 0 atom stereocenters. The third-order valence-corrected chi connectivity index (χ3v) is 3.80. The number of halogens is 2. The molecule has 0 bridgehead atoms. The molecule has 7 heteroatoms. The summed E-state index contributed by atoms with van der Waals surface area (Å²) in [6, 6.07) is 8.74. The van der Waals surface area contributed by atoms with E-state index in [4.69, 9.17) is 4.42 Å². The summed E-state index contributed by atoms with van der Waals surface area (Å²) in [6.07, 6.45) is 0.426. The average molecular weight is 343 g/mol. The molecule has 0 radical (unpaired) electrons. The van der Waals surface area contributed by atoms with Gasteiger partial charge in [-0.3, -0.25) is 10.1 Å². The quantitative estimate of drug-likeness (QED) is 0.782. The second-order valence-electron chi connectivity index (χ2n) is 5.68. The fourth-order valence-corrected chi connectivity index (χ4v) is 2.27. The number of carbonyl (C=O) groups excluding carboxylic acids is 1. The van der Waals surface area contributed by atoms with Gasteiger partial charge in [0.2, 0.25) is 5.89 Å². The third kappa shape index (κ3) is 3.88. The van der Waals surface area contributed by atoms with Gasteiger partial charge in [0, 0.05) is 5.56 Å². The summed E-state index contributed by atoms with van der Waals surface area (Å²) in [6.45, 7) is 4.04. The summed E-state index contributed by atoms with van der Waals surface area (Å²) in [4.78, 5) is 12.0. The van der Waals surface area contributed by atoms with Crippen LogP contribution < -0.4 is 5.32 Å². The molecule has 3 aromatic rings. The number of anilines is 1. The van der Waals surface area contributed by atoms with Crippen LogP contribution in [0.25, 0.3) is 0 Å². The van der Waals surface area contributed by atoms with Crippen molar-refractivity contribution in [2.24, 2.45) is 0 Å². The first-order chi connectivity index (χ1) is 11.9. The molecule has 0 aliphatic heterocycles. The molecule has 128 valence electrons. The van der Waals surface area contributed by atoms with E-state index in [1.165, 1.54) is 11.6 Å². The van der Waals surface area contributed by atoms with E-state index >= 15 is 0 Å². The second kappa shape index (κ2) is 6.80. The lowest BCUT2D eigenvalue weighted by Gasteiger charge is -2.03. The molecule has 1 heterocycles. The zero-order valence-electron chi connectivity index (χ0n) is 13.6. The lowest BCUT2D eigenvalue weighted by Crippen LogP contribution is -2.12. The summed E-state index contributed by atoms with van der Waals surface area (Å²) in [5, 5.41) is 9.98. The van der Waals surface area contributed by atoms with Crippen LogP contribution in [0.2, 0.25) is 0 Å². The Bertz CT molecular complexity index is 938. The predicted octanol–water partition coefficient (Wildman–Crippen LogP) is 3.81. The summed E-state index contributed by atoms with van der Waals surface area (Å²) in [5.74, 6) is -2.46. The van der Waals surface area contributed by atoms with Crippen molar-refractivity contribution in [3.63, 3.8) is 0 Å². The Morgan fingerprint density at radius 1 is 1.04 bits per heavy atom. The zero-order chi connectivity index (χ0) is 18.0. The fraction of sp³-hybridized carbons (Fsp3) is 0.167. The van der Waals surface area contributed by atoms with Crippen LogP contribution in [0.15, 0.2) is 40.8 Å². The molecule has 0 unspecified atom stereocenters. The number of carbonyl (C=O) groups is 1. The molecule has 1 aromatic heterocycles. The number of amides is 1. The van der Waals surface area contributed by atoms with Crippen molar-refractivity contribution in [3.8, 4) is 0 Å². The van der Waals surface area contributed by atoms with Crippen molar-refractivity contribution in [2.75, 3.05) is 5.32 Å². The molecule has 0 aliphatic rings. The Hall–Kier alpha value is -3.09. The lowest BCUT2D eigenvalue weighted by atomic mass is 10.0. The number of benzene rings is 2. The maximum absolute atomic E-state index is 13.2. The van der Waals surface area contributed by atoms with Gasteiger partial charge >= 0.3 is 6.01 Å². The second-order valence-corrected chi connectivity index (χ2v) is 5.68. The minimum Gasteiger partial charge on any atom is -0.407 e. The first kappa shape index (κ1) is 16.8. The van der Waals surface area contributed by atoms with Crippen LogP contribution in [0.3, 0.4) is 0 Å². The van der Waals surface area contributed by atoms with Crippen molar-refractivity contribution < 1.29 is 18.0 Å². The first-order valence-electron chi connectivity index (χ1n) is 7.57. The SMILES string of the molecule is Cc1ccc(Cc2nnc(NC(=O)c3ccc(F)c(F)c3)o2)cc1C. The normalized spacial score (nSPS) is 10.7. The van der Waals surface area contributed by atoms with Crippen molar-refractivity contribution in [3.05, 3.63) is 76.2 Å². The molecule has 2 aromatic carbocycles. The topological polar surface area (TPSA) is 68.0 Å². The standard InChI is InChI=1S/C18H15F2N3O2/c1-10-3-4-12(7-11(10)2)8-16-22-23-18(25-16)21-17(24)13-5-6-14(19)15(20)9-13/h3-7,9H,8H2,1-2H3,(H,21,23,24). The zero-order valence-corrected chi connectivity index (χ0v) is 13.6. The van der Waals surface area contributed by atoms with Crippen LogP contribution in [0.1, 0.15) is 32.9 Å². The van der Waals surface area contributed by atoms with Crippen LogP contribution >= 0.6 is 0 Å². The van der Waals surface area contributed by atoms with E-state index < -0.39 is 17.5 Å². The number of hydrogen-bond donors (Lipinski definition) is 1. The smallest absolute Gasteiger partial charge is 0.322 e. The highest BCUT2D eigenvalue weighted by atomic mass is 19.2. The minimum absolute atomic E-state index is 0.0483. The lowest BCUT2D eigenvalue weighted by molar-refractivity contribution is 0.102. The molecular weight excluding hydrogens is 328 g/mol. The molecule has 1 N–H and O–H groups in total. The highest BCUT2D eigenvalue weighted by Gasteiger charge is 2.14. The number of rotatable bonds is 4. The van der Waals surface area contributed by atoms with Crippen molar-refractivity contribution >= 4 is 11.9 Å². The Balaban J connectivity index is 1.69. The van der Waals surface area contributed by atoms with Gasteiger partial charge in [-0.25, -0.2) is 8.78 Å². The van der Waals surface area contributed by atoms with E-state index in [0.717, 1.165) is 23.3 Å². The van der Waals surface area contributed by atoms with Crippen LogP contribution in [0.5, 0.6) is 0 Å². The molecule has 0 aliphatic carbocycles. The molecule has 1 amide bonds.